The summed E-state index contributed by atoms with van der Waals surface area (Å²) in [5, 5.41) is 22.6. The van der Waals surface area contributed by atoms with Crippen molar-refractivity contribution in [3.05, 3.63) is 35.4 Å². The summed E-state index contributed by atoms with van der Waals surface area (Å²) in [6.07, 6.45) is 3.13. The molecule has 1 aliphatic carbocycles. The molecule has 0 aromatic heterocycles. The van der Waals surface area contributed by atoms with E-state index in [-0.39, 0.29) is 29.3 Å². The number of hydrogen-bond donors (Lipinski definition) is 2. The summed E-state index contributed by atoms with van der Waals surface area (Å²) in [6.45, 7) is 1.85. The maximum atomic E-state index is 11.7. The summed E-state index contributed by atoms with van der Waals surface area (Å²) >= 11 is 0. The summed E-state index contributed by atoms with van der Waals surface area (Å²) in [5.41, 5.74) is 1.56. The number of carbonyl (C=O) groups excluding carboxylic acids is 1. The van der Waals surface area contributed by atoms with Gasteiger partial charge in [0.2, 0.25) is 0 Å². The molecule has 3 rings (SSSR count). The maximum absolute atomic E-state index is 11.7. The molecule has 0 spiro atoms. The van der Waals surface area contributed by atoms with Gasteiger partial charge in [0, 0.05) is 16.3 Å². The summed E-state index contributed by atoms with van der Waals surface area (Å²) in [6, 6.07) is 7.35. The van der Waals surface area contributed by atoms with Crippen LogP contribution in [0.15, 0.2) is 24.3 Å². The summed E-state index contributed by atoms with van der Waals surface area (Å²) in [4.78, 5) is 11.7. The Bertz CT molecular complexity index is 743. The zero-order valence-electron chi connectivity index (χ0n) is 13.5. The molecule has 0 unspecified atom stereocenters. The second kappa shape index (κ2) is 6.11. The number of fused-ring (bicyclic) bond motifs is 1. The molecule has 0 heterocycles. The van der Waals surface area contributed by atoms with Crippen LogP contribution in [0.3, 0.4) is 0 Å². The Morgan fingerprint density at radius 1 is 1.04 bits per heavy atom. The molecule has 122 valence electrons. The van der Waals surface area contributed by atoms with Crippen molar-refractivity contribution in [3.63, 3.8) is 0 Å². The number of aromatic hydroxyl groups is 2. The molecule has 0 radical (unpaired) electrons. The molecule has 23 heavy (non-hydrogen) atoms. The molecule has 0 saturated heterocycles. The van der Waals surface area contributed by atoms with Crippen LogP contribution < -0.4 is 0 Å². The quantitative estimate of drug-likeness (QED) is 0.649. The average Bonchev–Trinajstić information content (AvgIpc) is 2.60. The van der Waals surface area contributed by atoms with Crippen LogP contribution in [0, 0.1) is 12.8 Å². The average molecular weight is 314 g/mol. The monoisotopic (exact) mass is 314 g/mol. The van der Waals surface area contributed by atoms with Gasteiger partial charge in [-0.2, -0.15) is 0 Å². The Kier molecular flexibility index (Phi) is 4.16. The molecule has 2 aromatic rings. The first kappa shape index (κ1) is 15.7. The fourth-order valence-corrected chi connectivity index (χ4v) is 3.83. The predicted molar refractivity (Wildman–Crippen MR) is 88.7 cm³/mol. The standard InChI is InChI=1S/C19H22O4/c1-11-16(12-7-9-13(10-8-12)19(22)23-2)18(21)15-6-4-3-5-14(15)17(11)20/h3-6,12-13,20-21H,7-10H2,1-2H3. The number of phenols is 2. The highest BCUT2D eigenvalue weighted by Crippen LogP contribution is 2.47. The lowest BCUT2D eigenvalue weighted by Gasteiger charge is -2.29. The molecule has 0 bridgehead atoms. The molecule has 1 aliphatic rings. The highest BCUT2D eigenvalue weighted by Gasteiger charge is 2.31. The minimum Gasteiger partial charge on any atom is -0.507 e. The molecule has 1 saturated carbocycles. The number of esters is 1. The minimum atomic E-state index is -0.147. The van der Waals surface area contributed by atoms with Crippen molar-refractivity contribution in [2.45, 2.75) is 38.5 Å². The smallest absolute Gasteiger partial charge is 0.308 e. The van der Waals surface area contributed by atoms with E-state index >= 15 is 0 Å². The van der Waals surface area contributed by atoms with Crippen LogP contribution in [0.2, 0.25) is 0 Å². The highest BCUT2D eigenvalue weighted by molar-refractivity contribution is 5.95. The van der Waals surface area contributed by atoms with E-state index in [1.807, 2.05) is 31.2 Å². The van der Waals surface area contributed by atoms with Gasteiger partial charge in [-0.3, -0.25) is 4.79 Å². The van der Waals surface area contributed by atoms with Gasteiger partial charge in [0.25, 0.3) is 0 Å². The second-order valence-electron chi connectivity index (χ2n) is 6.35. The van der Waals surface area contributed by atoms with Crippen LogP contribution in [0.4, 0.5) is 0 Å². The molecular formula is C19H22O4. The van der Waals surface area contributed by atoms with Crippen molar-refractivity contribution in [3.8, 4) is 11.5 Å². The lowest BCUT2D eigenvalue weighted by molar-refractivity contribution is -0.146. The first-order valence-corrected chi connectivity index (χ1v) is 8.05. The maximum Gasteiger partial charge on any atom is 0.308 e. The number of rotatable bonds is 2. The fourth-order valence-electron chi connectivity index (χ4n) is 3.83. The number of benzene rings is 2. The van der Waals surface area contributed by atoms with Gasteiger partial charge >= 0.3 is 5.97 Å². The molecular weight excluding hydrogens is 292 g/mol. The lowest BCUT2D eigenvalue weighted by Crippen LogP contribution is -2.22. The first-order valence-electron chi connectivity index (χ1n) is 8.05. The largest absolute Gasteiger partial charge is 0.507 e. The number of phenolic OH excluding ortho intramolecular Hbond substituents is 2. The normalized spacial score (nSPS) is 21.3. The van der Waals surface area contributed by atoms with Crippen molar-refractivity contribution in [1.82, 2.24) is 0 Å². The van der Waals surface area contributed by atoms with Crippen LogP contribution in [0.1, 0.15) is 42.7 Å². The van der Waals surface area contributed by atoms with E-state index in [4.69, 9.17) is 4.74 Å². The third-order valence-corrected chi connectivity index (χ3v) is 5.12. The van der Waals surface area contributed by atoms with E-state index < -0.39 is 0 Å². The van der Waals surface area contributed by atoms with Crippen LogP contribution in [0.5, 0.6) is 11.5 Å². The van der Waals surface area contributed by atoms with E-state index in [0.717, 1.165) is 36.8 Å². The first-order chi connectivity index (χ1) is 11.0. The molecule has 1 fully saturated rings. The van der Waals surface area contributed by atoms with Crippen molar-refractivity contribution < 1.29 is 19.7 Å². The summed E-state index contributed by atoms with van der Waals surface area (Å²) in [5.74, 6) is 0.464. The van der Waals surface area contributed by atoms with Crippen LogP contribution in [0.25, 0.3) is 10.8 Å². The van der Waals surface area contributed by atoms with E-state index in [1.54, 1.807) is 0 Å². The number of hydrogen-bond acceptors (Lipinski definition) is 4. The molecule has 0 atom stereocenters. The highest BCUT2D eigenvalue weighted by atomic mass is 16.5. The topological polar surface area (TPSA) is 66.8 Å². The molecule has 0 amide bonds. The fraction of sp³-hybridized carbons (Fsp3) is 0.421. The third kappa shape index (κ3) is 2.62. The van der Waals surface area contributed by atoms with E-state index in [1.165, 1.54) is 7.11 Å². The SMILES string of the molecule is COC(=O)C1CCC(c2c(C)c(O)c3ccccc3c2O)CC1. The Labute approximate surface area is 135 Å². The van der Waals surface area contributed by atoms with Crippen LogP contribution >= 0.6 is 0 Å². The van der Waals surface area contributed by atoms with E-state index in [9.17, 15) is 15.0 Å². The zero-order valence-corrected chi connectivity index (χ0v) is 13.5. The predicted octanol–water partition coefficient (Wildman–Crippen LogP) is 4.01. The number of methoxy groups -OCH3 is 1. The van der Waals surface area contributed by atoms with Gasteiger partial charge in [-0.15, -0.1) is 0 Å². The van der Waals surface area contributed by atoms with E-state index in [2.05, 4.69) is 0 Å². The number of carbonyl (C=O) groups is 1. The van der Waals surface area contributed by atoms with Gasteiger partial charge in [0.15, 0.2) is 0 Å². The van der Waals surface area contributed by atoms with Crippen molar-refractivity contribution in [1.29, 1.82) is 0 Å². The van der Waals surface area contributed by atoms with Gasteiger partial charge in [0.05, 0.1) is 13.0 Å². The molecule has 2 aromatic carbocycles. The zero-order chi connectivity index (χ0) is 16.6. The molecule has 2 N–H and O–H groups in total. The molecule has 4 nitrogen and oxygen atoms in total. The molecule has 4 heteroatoms. The van der Waals surface area contributed by atoms with Crippen molar-refractivity contribution in [2.24, 2.45) is 5.92 Å². The lowest BCUT2D eigenvalue weighted by atomic mass is 9.76. The van der Waals surface area contributed by atoms with Crippen LogP contribution in [-0.4, -0.2) is 23.3 Å². The second-order valence-corrected chi connectivity index (χ2v) is 6.35. The molecule has 0 aliphatic heterocycles. The van der Waals surface area contributed by atoms with Gasteiger partial charge in [0.1, 0.15) is 11.5 Å². The van der Waals surface area contributed by atoms with Crippen LogP contribution in [-0.2, 0) is 9.53 Å². The van der Waals surface area contributed by atoms with Gasteiger partial charge < -0.3 is 14.9 Å². The Hall–Kier alpha value is -2.23. The Balaban J connectivity index is 1.97. The van der Waals surface area contributed by atoms with Crippen molar-refractivity contribution in [2.75, 3.05) is 7.11 Å². The Morgan fingerprint density at radius 2 is 1.61 bits per heavy atom. The van der Waals surface area contributed by atoms with E-state index in [0.29, 0.717) is 10.8 Å². The minimum absolute atomic E-state index is 0.0484. The van der Waals surface area contributed by atoms with Crippen molar-refractivity contribution >= 4 is 16.7 Å². The third-order valence-electron chi connectivity index (χ3n) is 5.12. The Morgan fingerprint density at radius 3 is 2.17 bits per heavy atom. The number of ether oxygens (including phenoxy) is 1. The summed E-state index contributed by atoms with van der Waals surface area (Å²) in [7, 11) is 1.42. The van der Waals surface area contributed by atoms with Gasteiger partial charge in [-0.25, -0.2) is 0 Å². The van der Waals surface area contributed by atoms with Gasteiger partial charge in [-0.1, -0.05) is 24.3 Å². The van der Waals surface area contributed by atoms with Gasteiger partial charge in [-0.05, 0) is 44.1 Å². The summed E-state index contributed by atoms with van der Waals surface area (Å²) < 4.78 is 4.83.